The molecule has 0 unspecified atom stereocenters. The molecule has 114 valence electrons. The molecule has 0 atom stereocenters. The van der Waals surface area contributed by atoms with E-state index in [4.69, 9.17) is 18.0 Å². The van der Waals surface area contributed by atoms with Crippen molar-refractivity contribution < 1.29 is 0 Å². The van der Waals surface area contributed by atoms with Gasteiger partial charge >= 0.3 is 0 Å². The number of aromatic nitrogens is 1. The number of pyridine rings is 1. The summed E-state index contributed by atoms with van der Waals surface area (Å²) in [5, 5.41) is 0. The van der Waals surface area contributed by atoms with Crippen molar-refractivity contribution in [3.8, 4) is 0 Å². The summed E-state index contributed by atoms with van der Waals surface area (Å²) in [6.07, 6.45) is 8.40. The molecule has 2 aliphatic rings. The lowest BCUT2D eigenvalue weighted by Gasteiger charge is -2.40. The predicted octanol–water partition coefficient (Wildman–Crippen LogP) is 2.17. The van der Waals surface area contributed by atoms with Crippen LogP contribution in [-0.2, 0) is 0 Å². The van der Waals surface area contributed by atoms with E-state index in [0.717, 1.165) is 30.5 Å². The molecule has 1 aromatic heterocycles. The second-order valence-electron chi connectivity index (χ2n) is 6.05. The normalized spacial score (nSPS) is 21.4. The van der Waals surface area contributed by atoms with Crippen LogP contribution in [-0.4, -0.2) is 47.1 Å². The smallest absolute Gasteiger partial charge is 0.138 e. The molecule has 0 amide bonds. The quantitative estimate of drug-likeness (QED) is 0.867. The van der Waals surface area contributed by atoms with Gasteiger partial charge in [-0.1, -0.05) is 18.6 Å². The van der Waals surface area contributed by atoms with Gasteiger partial charge < -0.3 is 15.5 Å². The van der Waals surface area contributed by atoms with Gasteiger partial charge in [-0.15, -0.1) is 0 Å². The van der Waals surface area contributed by atoms with E-state index >= 15 is 0 Å². The molecule has 2 aliphatic heterocycles. The maximum Gasteiger partial charge on any atom is 0.138 e. The van der Waals surface area contributed by atoms with Gasteiger partial charge in [-0.3, -0.25) is 0 Å². The summed E-state index contributed by atoms with van der Waals surface area (Å²) >= 11 is 5.15. The lowest BCUT2D eigenvalue weighted by atomic mass is 9.99. The molecule has 3 rings (SSSR count). The molecule has 3 heterocycles. The highest BCUT2D eigenvalue weighted by atomic mass is 32.1. The largest absolute Gasteiger partial charge is 0.389 e. The van der Waals surface area contributed by atoms with Gasteiger partial charge in [0.1, 0.15) is 10.8 Å². The minimum Gasteiger partial charge on any atom is -0.389 e. The fraction of sp³-hybridized carbons (Fsp3) is 0.625. The molecule has 0 saturated carbocycles. The van der Waals surface area contributed by atoms with Crippen LogP contribution in [0.2, 0.25) is 0 Å². The van der Waals surface area contributed by atoms with Crippen LogP contribution in [0.15, 0.2) is 18.3 Å². The zero-order chi connectivity index (χ0) is 14.7. The Balaban J connectivity index is 1.64. The molecule has 1 aromatic rings. The Kier molecular flexibility index (Phi) is 4.70. The monoisotopic (exact) mass is 304 g/mol. The third-order valence-corrected chi connectivity index (χ3v) is 4.94. The van der Waals surface area contributed by atoms with Crippen LogP contribution in [0.5, 0.6) is 0 Å². The summed E-state index contributed by atoms with van der Waals surface area (Å²) < 4.78 is 0. The number of piperidine rings is 2. The Morgan fingerprint density at radius 1 is 1.14 bits per heavy atom. The number of nitrogens with zero attached hydrogens (tertiary/aromatic N) is 3. The van der Waals surface area contributed by atoms with Crippen molar-refractivity contribution in [2.24, 2.45) is 5.73 Å². The van der Waals surface area contributed by atoms with Gasteiger partial charge in [-0.25, -0.2) is 4.98 Å². The van der Waals surface area contributed by atoms with E-state index in [0.29, 0.717) is 4.99 Å². The molecule has 0 spiro atoms. The molecule has 0 aliphatic carbocycles. The number of nitrogens with two attached hydrogens (primary N) is 1. The van der Waals surface area contributed by atoms with Gasteiger partial charge in [0, 0.05) is 25.3 Å². The van der Waals surface area contributed by atoms with E-state index in [2.05, 4.69) is 14.8 Å². The Morgan fingerprint density at radius 3 is 2.52 bits per heavy atom. The number of likely N-dealkylation sites (tertiary alicyclic amines) is 1. The fourth-order valence-corrected chi connectivity index (χ4v) is 3.73. The standard InChI is InChI=1S/C16H24N4S/c17-15(21)14-5-4-8-18-16(14)20-11-6-13(7-12-20)19-9-2-1-3-10-19/h4-5,8,13H,1-3,6-7,9-12H2,(H2,17,21). The zero-order valence-corrected chi connectivity index (χ0v) is 13.3. The average molecular weight is 304 g/mol. The van der Waals surface area contributed by atoms with Gasteiger partial charge in [-0.05, 0) is 50.9 Å². The topological polar surface area (TPSA) is 45.4 Å². The summed E-state index contributed by atoms with van der Waals surface area (Å²) in [4.78, 5) is 9.98. The summed E-state index contributed by atoms with van der Waals surface area (Å²) in [6, 6.07) is 4.62. The molecular weight excluding hydrogens is 280 g/mol. The first-order chi connectivity index (χ1) is 10.3. The first kappa shape index (κ1) is 14.7. The number of rotatable bonds is 3. The van der Waals surface area contributed by atoms with Crippen LogP contribution in [0.4, 0.5) is 5.82 Å². The van der Waals surface area contributed by atoms with Gasteiger partial charge in [0.15, 0.2) is 0 Å². The molecule has 4 nitrogen and oxygen atoms in total. The van der Waals surface area contributed by atoms with E-state index in [-0.39, 0.29) is 0 Å². The first-order valence-electron chi connectivity index (χ1n) is 7.99. The molecule has 2 fully saturated rings. The van der Waals surface area contributed by atoms with Crippen LogP contribution >= 0.6 is 12.2 Å². The van der Waals surface area contributed by atoms with E-state index in [1.807, 2.05) is 18.3 Å². The minimum atomic E-state index is 0.441. The predicted molar refractivity (Wildman–Crippen MR) is 90.8 cm³/mol. The third-order valence-electron chi connectivity index (χ3n) is 4.72. The van der Waals surface area contributed by atoms with Gasteiger partial charge in [0.05, 0.1) is 5.56 Å². The first-order valence-corrected chi connectivity index (χ1v) is 8.40. The number of hydrogen-bond acceptors (Lipinski definition) is 4. The van der Waals surface area contributed by atoms with E-state index < -0.39 is 0 Å². The van der Waals surface area contributed by atoms with Crippen LogP contribution in [0.25, 0.3) is 0 Å². The second kappa shape index (κ2) is 6.71. The molecular formula is C16H24N4S. The maximum atomic E-state index is 5.82. The van der Waals surface area contributed by atoms with E-state index in [1.54, 1.807) is 0 Å². The van der Waals surface area contributed by atoms with Gasteiger partial charge in [0.25, 0.3) is 0 Å². The van der Waals surface area contributed by atoms with Crippen molar-refractivity contribution >= 4 is 23.0 Å². The van der Waals surface area contributed by atoms with E-state index in [9.17, 15) is 0 Å². The van der Waals surface area contributed by atoms with Crippen LogP contribution in [0.3, 0.4) is 0 Å². The van der Waals surface area contributed by atoms with Gasteiger partial charge in [-0.2, -0.15) is 0 Å². The number of anilines is 1. The summed E-state index contributed by atoms with van der Waals surface area (Å²) in [7, 11) is 0. The second-order valence-corrected chi connectivity index (χ2v) is 6.49. The van der Waals surface area contributed by atoms with Crippen molar-refractivity contribution in [3.63, 3.8) is 0 Å². The Labute approximate surface area is 132 Å². The lowest BCUT2D eigenvalue weighted by molar-refractivity contribution is 0.141. The highest BCUT2D eigenvalue weighted by Crippen LogP contribution is 2.25. The van der Waals surface area contributed by atoms with Gasteiger partial charge in [0.2, 0.25) is 0 Å². The van der Waals surface area contributed by atoms with Crippen molar-refractivity contribution in [2.75, 3.05) is 31.1 Å². The number of hydrogen-bond donors (Lipinski definition) is 1. The third kappa shape index (κ3) is 3.35. The highest BCUT2D eigenvalue weighted by Gasteiger charge is 2.27. The van der Waals surface area contributed by atoms with Crippen LogP contribution in [0.1, 0.15) is 37.7 Å². The Hall–Kier alpha value is -1.20. The molecule has 0 aromatic carbocycles. The summed E-state index contributed by atoms with van der Waals surface area (Å²) in [5.74, 6) is 0.960. The minimum absolute atomic E-state index is 0.441. The number of thiocarbonyl (C=S) groups is 1. The molecule has 2 saturated heterocycles. The average Bonchev–Trinajstić information content (AvgIpc) is 2.56. The fourth-order valence-electron chi connectivity index (χ4n) is 3.57. The van der Waals surface area contributed by atoms with Crippen molar-refractivity contribution in [3.05, 3.63) is 23.9 Å². The lowest BCUT2D eigenvalue weighted by Crippen LogP contribution is -2.47. The molecule has 0 bridgehead atoms. The summed E-state index contributed by atoms with van der Waals surface area (Å²) in [5.41, 5.74) is 6.73. The van der Waals surface area contributed by atoms with E-state index in [1.165, 1.54) is 45.2 Å². The Bertz CT molecular complexity index is 491. The van der Waals surface area contributed by atoms with Crippen LogP contribution < -0.4 is 10.6 Å². The molecule has 5 heteroatoms. The van der Waals surface area contributed by atoms with Crippen LogP contribution in [0, 0.1) is 0 Å². The zero-order valence-electron chi connectivity index (χ0n) is 12.5. The SMILES string of the molecule is NC(=S)c1cccnc1N1CCC(N2CCCCC2)CC1. The molecule has 2 N–H and O–H groups in total. The van der Waals surface area contributed by atoms with Crippen molar-refractivity contribution in [2.45, 2.75) is 38.1 Å². The summed E-state index contributed by atoms with van der Waals surface area (Å²) in [6.45, 7) is 4.67. The highest BCUT2D eigenvalue weighted by molar-refractivity contribution is 7.80. The maximum absolute atomic E-state index is 5.82. The molecule has 21 heavy (non-hydrogen) atoms. The Morgan fingerprint density at radius 2 is 1.86 bits per heavy atom. The van der Waals surface area contributed by atoms with Crippen molar-refractivity contribution in [1.82, 2.24) is 9.88 Å². The van der Waals surface area contributed by atoms with Crippen molar-refractivity contribution in [1.29, 1.82) is 0 Å². The molecule has 0 radical (unpaired) electrons.